The van der Waals surface area contributed by atoms with Crippen LogP contribution in [0.1, 0.15) is 39.0 Å². The summed E-state index contributed by atoms with van der Waals surface area (Å²) in [6.07, 6.45) is 5.67. The van der Waals surface area contributed by atoms with Gasteiger partial charge in [0.1, 0.15) is 0 Å². The monoisotopic (exact) mass is 266 g/mol. The van der Waals surface area contributed by atoms with Crippen molar-refractivity contribution in [3.63, 3.8) is 0 Å². The average molecular weight is 266 g/mol. The van der Waals surface area contributed by atoms with Gasteiger partial charge in [0.25, 0.3) is 5.69 Å². The molecule has 0 aromatic heterocycles. The zero-order chi connectivity index (χ0) is 13.8. The lowest BCUT2D eigenvalue weighted by Gasteiger charge is -2.32. The summed E-state index contributed by atoms with van der Waals surface area (Å²) >= 11 is 0. The fraction of sp³-hybridized carbons (Fsp3) is 0.571. The van der Waals surface area contributed by atoms with E-state index in [2.05, 4.69) is 12.2 Å². The van der Waals surface area contributed by atoms with Crippen LogP contribution in [-0.4, -0.2) is 11.0 Å². The predicted molar refractivity (Wildman–Crippen MR) is 72.7 cm³/mol. The van der Waals surface area contributed by atoms with E-state index in [1.165, 1.54) is 25.0 Å². The normalized spacial score (nSPS) is 23.1. The van der Waals surface area contributed by atoms with Gasteiger partial charge >= 0.3 is 0 Å². The van der Waals surface area contributed by atoms with E-state index in [0.717, 1.165) is 25.3 Å². The molecule has 0 heterocycles. The van der Waals surface area contributed by atoms with Crippen molar-refractivity contribution in [3.05, 3.63) is 34.1 Å². The second-order valence-electron chi connectivity index (χ2n) is 5.12. The molecule has 1 fully saturated rings. The number of nitro benzene ring substituents is 1. The third-order valence-corrected chi connectivity index (χ3v) is 3.94. The molecular formula is C14H19FN2O2. The van der Waals surface area contributed by atoms with Gasteiger partial charge in [-0.2, -0.15) is 0 Å². The number of halogens is 1. The van der Waals surface area contributed by atoms with Crippen LogP contribution >= 0.6 is 0 Å². The summed E-state index contributed by atoms with van der Waals surface area (Å²) in [5.41, 5.74) is 0.162. The number of hydrogen-bond donors (Lipinski definition) is 1. The van der Waals surface area contributed by atoms with Gasteiger partial charge < -0.3 is 5.32 Å². The topological polar surface area (TPSA) is 55.2 Å². The molecule has 2 unspecified atom stereocenters. The van der Waals surface area contributed by atoms with Gasteiger partial charge in [0.2, 0.25) is 0 Å². The zero-order valence-electron chi connectivity index (χ0n) is 11.1. The fourth-order valence-electron chi connectivity index (χ4n) is 2.82. The van der Waals surface area contributed by atoms with Crippen LogP contribution in [0.4, 0.5) is 15.8 Å². The summed E-state index contributed by atoms with van der Waals surface area (Å²) in [4.78, 5) is 9.99. The number of nitrogens with one attached hydrogen (secondary N) is 1. The highest BCUT2D eigenvalue weighted by molar-refractivity contribution is 5.50. The Bertz CT molecular complexity index is 465. The minimum absolute atomic E-state index is 0.210. The fourth-order valence-corrected chi connectivity index (χ4v) is 2.82. The first-order valence-electron chi connectivity index (χ1n) is 6.82. The lowest BCUT2D eigenvalue weighted by atomic mass is 9.83. The Labute approximate surface area is 112 Å². The molecule has 1 aromatic rings. The zero-order valence-corrected chi connectivity index (χ0v) is 11.1. The second kappa shape index (κ2) is 5.99. The maximum absolute atomic E-state index is 13.8. The van der Waals surface area contributed by atoms with E-state index in [0.29, 0.717) is 11.6 Å². The van der Waals surface area contributed by atoms with Gasteiger partial charge in [-0.1, -0.05) is 26.2 Å². The molecule has 0 bridgehead atoms. The van der Waals surface area contributed by atoms with Crippen LogP contribution in [0.25, 0.3) is 0 Å². The molecule has 19 heavy (non-hydrogen) atoms. The van der Waals surface area contributed by atoms with Crippen LogP contribution < -0.4 is 5.32 Å². The molecule has 0 amide bonds. The molecular weight excluding hydrogens is 247 g/mol. The maximum Gasteiger partial charge on any atom is 0.272 e. The molecule has 1 aromatic carbocycles. The molecule has 0 radical (unpaired) electrons. The van der Waals surface area contributed by atoms with Crippen molar-refractivity contribution < 1.29 is 9.31 Å². The maximum atomic E-state index is 13.8. The van der Waals surface area contributed by atoms with E-state index in [1.54, 1.807) is 0 Å². The summed E-state index contributed by atoms with van der Waals surface area (Å²) in [5.74, 6) is 0.0120. The smallest absolute Gasteiger partial charge is 0.272 e. The molecule has 2 atom stereocenters. The molecule has 0 aliphatic heterocycles. The van der Waals surface area contributed by atoms with Gasteiger partial charge in [0.05, 0.1) is 16.7 Å². The second-order valence-corrected chi connectivity index (χ2v) is 5.12. The molecule has 1 aliphatic carbocycles. The van der Waals surface area contributed by atoms with Crippen molar-refractivity contribution in [1.29, 1.82) is 0 Å². The number of nitrogens with zero attached hydrogens (tertiary/aromatic N) is 1. The largest absolute Gasteiger partial charge is 0.380 e. The number of nitro groups is 1. The van der Waals surface area contributed by atoms with E-state index < -0.39 is 10.7 Å². The Balaban J connectivity index is 2.11. The first kappa shape index (κ1) is 13.8. The van der Waals surface area contributed by atoms with Crippen molar-refractivity contribution >= 4 is 11.4 Å². The summed E-state index contributed by atoms with van der Waals surface area (Å²) in [6.45, 7) is 2.15. The van der Waals surface area contributed by atoms with Crippen LogP contribution in [0.5, 0.6) is 0 Å². The SMILES string of the molecule is CCC1CCCCC1Nc1ccc([N+](=O)[O-])cc1F. The number of hydrogen-bond acceptors (Lipinski definition) is 3. The third kappa shape index (κ3) is 3.22. The highest BCUT2D eigenvalue weighted by Gasteiger charge is 2.24. The van der Waals surface area contributed by atoms with Gasteiger partial charge in [0.15, 0.2) is 5.82 Å². The predicted octanol–water partition coefficient (Wildman–Crippen LogP) is 4.11. The van der Waals surface area contributed by atoms with Gasteiger partial charge in [-0.25, -0.2) is 4.39 Å². The quantitative estimate of drug-likeness (QED) is 0.659. The Kier molecular flexibility index (Phi) is 4.35. The van der Waals surface area contributed by atoms with Crippen molar-refractivity contribution in [3.8, 4) is 0 Å². The van der Waals surface area contributed by atoms with Crippen molar-refractivity contribution in [1.82, 2.24) is 0 Å². The molecule has 0 spiro atoms. The Morgan fingerprint density at radius 2 is 2.16 bits per heavy atom. The van der Waals surface area contributed by atoms with Crippen molar-refractivity contribution in [2.45, 2.75) is 45.1 Å². The van der Waals surface area contributed by atoms with Gasteiger partial charge in [0, 0.05) is 12.1 Å². The highest BCUT2D eigenvalue weighted by atomic mass is 19.1. The van der Waals surface area contributed by atoms with Crippen LogP contribution in [0.2, 0.25) is 0 Å². The summed E-state index contributed by atoms with van der Waals surface area (Å²) < 4.78 is 13.8. The van der Waals surface area contributed by atoms with Gasteiger partial charge in [-0.3, -0.25) is 10.1 Å². The minimum atomic E-state index is -0.581. The lowest BCUT2D eigenvalue weighted by Crippen LogP contribution is -2.32. The van der Waals surface area contributed by atoms with E-state index in [1.807, 2.05) is 0 Å². The van der Waals surface area contributed by atoms with E-state index in [4.69, 9.17) is 0 Å². The number of non-ortho nitro benzene ring substituents is 1. The summed E-state index contributed by atoms with van der Waals surface area (Å²) in [6, 6.07) is 4.06. The molecule has 2 rings (SSSR count). The molecule has 104 valence electrons. The van der Waals surface area contributed by atoms with Crippen LogP contribution in [0.3, 0.4) is 0 Å². The first-order chi connectivity index (χ1) is 9.11. The van der Waals surface area contributed by atoms with Crippen LogP contribution in [-0.2, 0) is 0 Å². The Morgan fingerprint density at radius 1 is 1.42 bits per heavy atom. The van der Waals surface area contributed by atoms with Gasteiger partial charge in [-0.15, -0.1) is 0 Å². The number of anilines is 1. The van der Waals surface area contributed by atoms with Crippen LogP contribution in [0.15, 0.2) is 18.2 Å². The third-order valence-electron chi connectivity index (χ3n) is 3.94. The molecule has 5 heteroatoms. The summed E-state index contributed by atoms with van der Waals surface area (Å²) in [5, 5.41) is 13.8. The van der Waals surface area contributed by atoms with Gasteiger partial charge in [-0.05, 0) is 24.8 Å². The summed E-state index contributed by atoms with van der Waals surface area (Å²) in [7, 11) is 0. The van der Waals surface area contributed by atoms with Crippen molar-refractivity contribution in [2.75, 3.05) is 5.32 Å². The molecule has 1 N–H and O–H groups in total. The minimum Gasteiger partial charge on any atom is -0.380 e. The number of benzene rings is 1. The number of rotatable bonds is 4. The first-order valence-corrected chi connectivity index (χ1v) is 6.82. The Morgan fingerprint density at radius 3 is 2.79 bits per heavy atom. The average Bonchev–Trinajstić information content (AvgIpc) is 2.41. The Hall–Kier alpha value is -1.65. The molecule has 1 aliphatic rings. The molecule has 4 nitrogen and oxygen atoms in total. The van der Waals surface area contributed by atoms with E-state index >= 15 is 0 Å². The van der Waals surface area contributed by atoms with E-state index in [9.17, 15) is 14.5 Å². The molecule has 0 saturated heterocycles. The molecule has 1 saturated carbocycles. The standard InChI is InChI=1S/C14H19FN2O2/c1-2-10-5-3-4-6-13(10)16-14-8-7-11(17(18)19)9-12(14)15/h7-10,13,16H,2-6H2,1H3. The highest BCUT2D eigenvalue weighted by Crippen LogP contribution is 2.30. The van der Waals surface area contributed by atoms with Crippen molar-refractivity contribution in [2.24, 2.45) is 5.92 Å². The lowest BCUT2D eigenvalue weighted by molar-refractivity contribution is -0.385. The van der Waals surface area contributed by atoms with E-state index in [-0.39, 0.29) is 11.7 Å². The van der Waals surface area contributed by atoms with Crippen LogP contribution in [0, 0.1) is 21.8 Å².